The zero-order chi connectivity index (χ0) is 14.9. The van der Waals surface area contributed by atoms with Crippen LogP contribution in [0, 0.1) is 10.1 Å². The van der Waals surface area contributed by atoms with E-state index in [1.807, 2.05) is 0 Å². The van der Waals surface area contributed by atoms with Crippen molar-refractivity contribution in [2.75, 3.05) is 12.0 Å². The van der Waals surface area contributed by atoms with E-state index in [1.54, 1.807) is 6.26 Å². The summed E-state index contributed by atoms with van der Waals surface area (Å²) in [7, 11) is 0. The molecule has 9 heteroatoms. The van der Waals surface area contributed by atoms with Crippen LogP contribution in [0.5, 0.6) is 0 Å². The number of non-ortho nitro benzene ring substituents is 1. The predicted molar refractivity (Wildman–Crippen MR) is 73.4 cm³/mol. The molecular weight excluding hydrogens is 284 g/mol. The summed E-state index contributed by atoms with van der Waals surface area (Å²) in [5.74, 6) is -1.18. The van der Waals surface area contributed by atoms with Gasteiger partial charge >= 0.3 is 5.97 Å². The molecule has 0 spiro atoms. The molecule has 0 aliphatic heterocycles. The first-order valence-corrected chi connectivity index (χ1v) is 6.58. The van der Waals surface area contributed by atoms with E-state index in [-0.39, 0.29) is 22.1 Å². The Morgan fingerprint density at radius 3 is 2.45 bits per heavy atom. The van der Waals surface area contributed by atoms with Crippen molar-refractivity contribution in [3.05, 3.63) is 39.9 Å². The molecule has 3 N–H and O–H groups in total. The Balaban J connectivity index is 2.53. The Kier molecular flexibility index (Phi) is 3.61. The molecule has 2 aromatic rings. The Bertz CT molecular complexity index is 680. The van der Waals surface area contributed by atoms with Crippen molar-refractivity contribution in [2.24, 2.45) is 0 Å². The standard InChI is InChI=1S/C11H10N4O4S/c1-20-10-8(11(16)17)9(12)14(13-10)6-2-4-7(5-3-6)15(18)19/h2-5H,12H2,1H3,(H,16,17). The van der Waals surface area contributed by atoms with E-state index in [0.717, 1.165) is 11.8 Å². The molecule has 1 aromatic heterocycles. The Morgan fingerprint density at radius 1 is 1.45 bits per heavy atom. The number of nitrogens with two attached hydrogens (primary N) is 1. The molecule has 0 unspecified atom stereocenters. The van der Waals surface area contributed by atoms with Gasteiger partial charge in [0.15, 0.2) is 0 Å². The molecule has 0 saturated heterocycles. The summed E-state index contributed by atoms with van der Waals surface area (Å²) >= 11 is 1.16. The van der Waals surface area contributed by atoms with Gasteiger partial charge in [0, 0.05) is 12.1 Å². The highest BCUT2D eigenvalue weighted by atomic mass is 32.2. The lowest BCUT2D eigenvalue weighted by atomic mass is 10.3. The quantitative estimate of drug-likeness (QED) is 0.500. The second kappa shape index (κ2) is 5.21. The smallest absolute Gasteiger partial charge is 0.342 e. The molecule has 104 valence electrons. The van der Waals surface area contributed by atoms with Crippen LogP contribution in [-0.4, -0.2) is 32.0 Å². The third kappa shape index (κ3) is 2.30. The Morgan fingerprint density at radius 2 is 2.05 bits per heavy atom. The lowest BCUT2D eigenvalue weighted by Gasteiger charge is -2.03. The van der Waals surface area contributed by atoms with Crippen LogP contribution in [-0.2, 0) is 0 Å². The van der Waals surface area contributed by atoms with Gasteiger partial charge in [-0.3, -0.25) is 10.1 Å². The maximum atomic E-state index is 11.2. The molecule has 0 bridgehead atoms. The lowest BCUT2D eigenvalue weighted by Crippen LogP contribution is -2.05. The SMILES string of the molecule is CSc1nn(-c2ccc([N+](=O)[O-])cc2)c(N)c1C(=O)O. The number of carbonyl (C=O) groups is 1. The zero-order valence-corrected chi connectivity index (χ0v) is 11.1. The summed E-state index contributed by atoms with van der Waals surface area (Å²) in [6, 6.07) is 5.51. The van der Waals surface area contributed by atoms with Gasteiger partial charge in [-0.2, -0.15) is 5.10 Å². The Hall–Kier alpha value is -2.55. The summed E-state index contributed by atoms with van der Waals surface area (Å²) in [6.07, 6.45) is 1.69. The van der Waals surface area contributed by atoms with Crippen molar-refractivity contribution in [2.45, 2.75) is 5.03 Å². The molecule has 1 heterocycles. The predicted octanol–water partition coefficient (Wildman–Crippen LogP) is 1.78. The minimum atomic E-state index is -1.17. The first kappa shape index (κ1) is 13.9. The summed E-state index contributed by atoms with van der Waals surface area (Å²) in [5, 5.41) is 24.1. The number of nitro benzene ring substituents is 1. The topological polar surface area (TPSA) is 124 Å². The normalized spacial score (nSPS) is 10.4. The number of carboxylic acids is 1. The zero-order valence-electron chi connectivity index (χ0n) is 10.3. The monoisotopic (exact) mass is 294 g/mol. The van der Waals surface area contributed by atoms with Crippen LogP contribution in [0.2, 0.25) is 0 Å². The largest absolute Gasteiger partial charge is 0.477 e. The first-order chi connectivity index (χ1) is 9.45. The van der Waals surface area contributed by atoms with Crippen LogP contribution >= 0.6 is 11.8 Å². The highest BCUT2D eigenvalue weighted by Gasteiger charge is 2.22. The van der Waals surface area contributed by atoms with Gasteiger partial charge in [0.25, 0.3) is 5.69 Å². The fourth-order valence-electron chi connectivity index (χ4n) is 1.67. The van der Waals surface area contributed by atoms with E-state index < -0.39 is 10.9 Å². The minimum absolute atomic E-state index is 0.0179. The van der Waals surface area contributed by atoms with Crippen molar-refractivity contribution in [1.29, 1.82) is 0 Å². The summed E-state index contributed by atoms with van der Waals surface area (Å²) in [5.41, 5.74) is 6.10. The average molecular weight is 294 g/mol. The molecule has 0 aliphatic rings. The molecule has 0 atom stereocenters. The van der Waals surface area contributed by atoms with Crippen LogP contribution in [0.3, 0.4) is 0 Å². The number of nitrogens with zero attached hydrogens (tertiary/aromatic N) is 3. The Labute approximate surface area is 117 Å². The number of nitro groups is 1. The van der Waals surface area contributed by atoms with Gasteiger partial charge in [0.2, 0.25) is 0 Å². The van der Waals surface area contributed by atoms with E-state index in [1.165, 1.54) is 28.9 Å². The number of hydrogen-bond donors (Lipinski definition) is 2. The van der Waals surface area contributed by atoms with Gasteiger partial charge in [0.1, 0.15) is 16.4 Å². The van der Waals surface area contributed by atoms with E-state index in [9.17, 15) is 14.9 Å². The van der Waals surface area contributed by atoms with Crippen LogP contribution in [0.4, 0.5) is 11.5 Å². The molecule has 1 aromatic carbocycles. The number of thioether (sulfide) groups is 1. The number of carboxylic acid groups (broad SMARTS) is 1. The van der Waals surface area contributed by atoms with Gasteiger partial charge < -0.3 is 10.8 Å². The average Bonchev–Trinajstić information content (AvgIpc) is 2.75. The van der Waals surface area contributed by atoms with Gasteiger partial charge in [0.05, 0.1) is 10.6 Å². The minimum Gasteiger partial charge on any atom is -0.477 e. The highest BCUT2D eigenvalue weighted by molar-refractivity contribution is 7.98. The van der Waals surface area contributed by atoms with Gasteiger partial charge in [-0.05, 0) is 18.4 Å². The van der Waals surface area contributed by atoms with E-state index in [4.69, 9.17) is 10.8 Å². The van der Waals surface area contributed by atoms with Crippen molar-refractivity contribution in [1.82, 2.24) is 9.78 Å². The molecule has 0 amide bonds. The van der Waals surface area contributed by atoms with Crippen molar-refractivity contribution in [3.63, 3.8) is 0 Å². The number of aromatic nitrogens is 2. The molecule has 0 saturated carbocycles. The number of anilines is 1. The molecule has 8 nitrogen and oxygen atoms in total. The first-order valence-electron chi connectivity index (χ1n) is 5.36. The van der Waals surface area contributed by atoms with E-state index in [2.05, 4.69) is 5.10 Å². The second-order valence-corrected chi connectivity index (χ2v) is 4.55. The summed E-state index contributed by atoms with van der Waals surface area (Å²) in [4.78, 5) is 21.2. The van der Waals surface area contributed by atoms with Crippen molar-refractivity contribution < 1.29 is 14.8 Å². The van der Waals surface area contributed by atoms with Crippen LogP contribution in [0.1, 0.15) is 10.4 Å². The highest BCUT2D eigenvalue weighted by Crippen LogP contribution is 2.27. The third-order valence-electron chi connectivity index (χ3n) is 2.60. The van der Waals surface area contributed by atoms with Crippen LogP contribution < -0.4 is 5.73 Å². The molecule has 0 fully saturated rings. The fourth-order valence-corrected chi connectivity index (χ4v) is 2.23. The number of nitrogen functional groups attached to an aromatic ring is 1. The lowest BCUT2D eigenvalue weighted by molar-refractivity contribution is -0.384. The molecular formula is C11H10N4O4S. The van der Waals surface area contributed by atoms with Gasteiger partial charge in [-0.1, -0.05) is 0 Å². The molecule has 20 heavy (non-hydrogen) atoms. The van der Waals surface area contributed by atoms with Crippen LogP contribution in [0.15, 0.2) is 29.3 Å². The number of hydrogen-bond acceptors (Lipinski definition) is 6. The van der Waals surface area contributed by atoms with Gasteiger partial charge in [-0.15, -0.1) is 11.8 Å². The van der Waals surface area contributed by atoms with Crippen molar-refractivity contribution in [3.8, 4) is 5.69 Å². The van der Waals surface area contributed by atoms with E-state index in [0.29, 0.717) is 5.69 Å². The van der Waals surface area contributed by atoms with E-state index >= 15 is 0 Å². The summed E-state index contributed by atoms with van der Waals surface area (Å²) in [6.45, 7) is 0. The number of aromatic carboxylic acids is 1. The third-order valence-corrected chi connectivity index (χ3v) is 3.27. The molecule has 0 radical (unpaired) electrons. The number of benzene rings is 1. The van der Waals surface area contributed by atoms with Crippen molar-refractivity contribution >= 4 is 29.2 Å². The fraction of sp³-hybridized carbons (Fsp3) is 0.0909. The number of rotatable bonds is 4. The maximum Gasteiger partial charge on any atom is 0.342 e. The molecule has 2 rings (SSSR count). The van der Waals surface area contributed by atoms with Gasteiger partial charge in [-0.25, -0.2) is 9.48 Å². The summed E-state index contributed by atoms with van der Waals surface area (Å²) < 4.78 is 1.25. The maximum absolute atomic E-state index is 11.2. The second-order valence-electron chi connectivity index (χ2n) is 3.76. The van der Waals surface area contributed by atoms with Crippen LogP contribution in [0.25, 0.3) is 5.69 Å². The molecule has 0 aliphatic carbocycles.